The molecule has 3 rings (SSSR count). The third-order valence-corrected chi connectivity index (χ3v) is 5.30. The van der Waals surface area contributed by atoms with Crippen LogP contribution in [0, 0.1) is 6.92 Å². The number of aryl methyl sites for hydroxylation is 1. The molecule has 0 aliphatic carbocycles. The van der Waals surface area contributed by atoms with Crippen molar-refractivity contribution >= 4 is 69.2 Å². The Kier molecular flexibility index (Phi) is 6.88. The molecule has 0 radical (unpaired) electrons. The standard InChI is InChI=1S/C21H17Cl4NO4/c1-11-18(15-9-14(29-2)7-8-17(15)26-11)16(10-21(23,24)25)20(28)30-19(27)12-3-5-13(22)6-4-12/h3-9,16,26H,10H2,1-2H3. The predicted octanol–water partition coefficient (Wildman–Crippen LogP) is 6.37. The van der Waals surface area contributed by atoms with E-state index in [0.29, 0.717) is 27.4 Å². The Morgan fingerprint density at radius 1 is 1.10 bits per heavy atom. The van der Waals surface area contributed by atoms with Crippen molar-refractivity contribution in [1.82, 2.24) is 4.98 Å². The number of aromatic amines is 1. The van der Waals surface area contributed by atoms with Gasteiger partial charge in [0.1, 0.15) is 5.75 Å². The first-order valence-electron chi connectivity index (χ1n) is 8.83. The van der Waals surface area contributed by atoms with Crippen molar-refractivity contribution in [2.75, 3.05) is 7.11 Å². The van der Waals surface area contributed by atoms with Crippen LogP contribution in [0.25, 0.3) is 10.9 Å². The average molecular weight is 489 g/mol. The third-order valence-electron chi connectivity index (χ3n) is 4.58. The van der Waals surface area contributed by atoms with E-state index in [1.165, 1.54) is 31.4 Å². The van der Waals surface area contributed by atoms with E-state index in [0.717, 1.165) is 5.52 Å². The van der Waals surface area contributed by atoms with Crippen LogP contribution in [0.2, 0.25) is 5.02 Å². The van der Waals surface area contributed by atoms with Gasteiger partial charge in [0.2, 0.25) is 0 Å². The van der Waals surface area contributed by atoms with Crippen LogP contribution in [0.1, 0.15) is 34.0 Å². The van der Waals surface area contributed by atoms with E-state index in [9.17, 15) is 9.59 Å². The number of hydrogen-bond donors (Lipinski definition) is 1. The number of carbonyl (C=O) groups is 2. The van der Waals surface area contributed by atoms with E-state index < -0.39 is 21.6 Å². The van der Waals surface area contributed by atoms with Gasteiger partial charge in [0.05, 0.1) is 18.6 Å². The van der Waals surface area contributed by atoms with Gasteiger partial charge >= 0.3 is 11.9 Å². The zero-order valence-corrected chi connectivity index (χ0v) is 19.0. The molecule has 2 aromatic carbocycles. The first-order chi connectivity index (χ1) is 14.1. The minimum atomic E-state index is -1.75. The summed E-state index contributed by atoms with van der Waals surface area (Å²) in [5.41, 5.74) is 2.21. The number of benzene rings is 2. The zero-order chi connectivity index (χ0) is 22.1. The second-order valence-corrected chi connectivity index (χ2v) is 9.62. The summed E-state index contributed by atoms with van der Waals surface area (Å²) < 4.78 is 8.67. The summed E-state index contributed by atoms with van der Waals surface area (Å²) in [5, 5.41) is 1.16. The van der Waals surface area contributed by atoms with Gasteiger partial charge in [-0.3, -0.25) is 4.79 Å². The minimum Gasteiger partial charge on any atom is -0.497 e. The molecule has 0 aliphatic rings. The molecule has 1 heterocycles. The zero-order valence-electron chi connectivity index (χ0n) is 16.0. The SMILES string of the molecule is COc1ccc2[nH]c(C)c(C(CC(Cl)(Cl)Cl)C(=O)OC(=O)c3ccc(Cl)cc3)c2c1. The fourth-order valence-electron chi connectivity index (χ4n) is 3.24. The number of carbonyl (C=O) groups excluding carboxylic acids is 2. The van der Waals surface area contributed by atoms with E-state index in [2.05, 4.69) is 4.98 Å². The molecule has 1 N–H and O–H groups in total. The summed E-state index contributed by atoms with van der Waals surface area (Å²) in [7, 11) is 1.54. The molecule has 0 saturated heterocycles. The Labute approximate surface area is 193 Å². The lowest BCUT2D eigenvalue weighted by atomic mass is 9.93. The van der Waals surface area contributed by atoms with Gasteiger partial charge in [0.15, 0.2) is 3.79 Å². The summed E-state index contributed by atoms with van der Waals surface area (Å²) in [4.78, 5) is 28.7. The van der Waals surface area contributed by atoms with Gasteiger partial charge in [-0.2, -0.15) is 0 Å². The average Bonchev–Trinajstić information content (AvgIpc) is 3.00. The molecule has 0 aliphatic heterocycles. The number of ether oxygens (including phenoxy) is 2. The minimum absolute atomic E-state index is 0.178. The highest BCUT2D eigenvalue weighted by Gasteiger charge is 2.36. The van der Waals surface area contributed by atoms with Crippen molar-refractivity contribution in [3.63, 3.8) is 0 Å². The predicted molar refractivity (Wildman–Crippen MR) is 119 cm³/mol. The number of hydrogen-bond acceptors (Lipinski definition) is 4. The topological polar surface area (TPSA) is 68.4 Å². The van der Waals surface area contributed by atoms with E-state index in [-0.39, 0.29) is 12.0 Å². The maximum Gasteiger partial charge on any atom is 0.345 e. The number of H-pyrrole nitrogens is 1. The summed E-state index contributed by atoms with van der Waals surface area (Å²) in [5.74, 6) is -2.05. The molecular weight excluding hydrogens is 472 g/mol. The second kappa shape index (κ2) is 9.06. The maximum absolute atomic E-state index is 13.0. The molecule has 0 fully saturated rings. The summed E-state index contributed by atoms with van der Waals surface area (Å²) in [6, 6.07) is 11.4. The van der Waals surface area contributed by atoms with Gasteiger partial charge in [0, 0.05) is 28.0 Å². The second-order valence-electron chi connectivity index (χ2n) is 6.66. The van der Waals surface area contributed by atoms with Crippen LogP contribution in [0.15, 0.2) is 42.5 Å². The number of methoxy groups -OCH3 is 1. The van der Waals surface area contributed by atoms with Gasteiger partial charge in [-0.05, 0) is 55.0 Å². The van der Waals surface area contributed by atoms with Gasteiger partial charge in [-0.25, -0.2) is 4.79 Å². The number of fused-ring (bicyclic) bond motifs is 1. The lowest BCUT2D eigenvalue weighted by molar-refractivity contribution is -0.139. The van der Waals surface area contributed by atoms with Crippen LogP contribution >= 0.6 is 46.4 Å². The number of alkyl halides is 3. The van der Waals surface area contributed by atoms with E-state index in [1.54, 1.807) is 19.1 Å². The number of rotatable bonds is 5. The van der Waals surface area contributed by atoms with Crippen LogP contribution in [0.5, 0.6) is 5.75 Å². The third kappa shape index (κ3) is 5.22. The smallest absolute Gasteiger partial charge is 0.345 e. The van der Waals surface area contributed by atoms with Crippen LogP contribution in [0.3, 0.4) is 0 Å². The Balaban J connectivity index is 2.00. The van der Waals surface area contributed by atoms with Crippen LogP contribution in [-0.2, 0) is 9.53 Å². The molecule has 0 amide bonds. The summed E-state index contributed by atoms with van der Waals surface area (Å²) >= 11 is 23.9. The molecule has 9 heteroatoms. The summed E-state index contributed by atoms with van der Waals surface area (Å²) in [6.07, 6.45) is -0.185. The van der Waals surface area contributed by atoms with Crippen molar-refractivity contribution in [1.29, 1.82) is 0 Å². The molecular formula is C21H17Cl4NO4. The van der Waals surface area contributed by atoms with Crippen molar-refractivity contribution in [2.24, 2.45) is 0 Å². The van der Waals surface area contributed by atoms with Crippen molar-refractivity contribution in [3.8, 4) is 5.75 Å². The van der Waals surface area contributed by atoms with Crippen molar-refractivity contribution in [3.05, 3.63) is 64.3 Å². The number of esters is 2. The van der Waals surface area contributed by atoms with Gasteiger partial charge in [0.25, 0.3) is 0 Å². The lowest BCUT2D eigenvalue weighted by Gasteiger charge is -2.20. The van der Waals surface area contributed by atoms with Crippen molar-refractivity contribution < 1.29 is 19.1 Å². The van der Waals surface area contributed by atoms with Crippen LogP contribution in [-0.4, -0.2) is 27.8 Å². The Morgan fingerprint density at radius 3 is 2.37 bits per heavy atom. The summed E-state index contributed by atoms with van der Waals surface area (Å²) in [6.45, 7) is 1.79. The highest BCUT2D eigenvalue weighted by Crippen LogP contribution is 2.42. The van der Waals surface area contributed by atoms with Gasteiger partial charge in [-0.15, -0.1) is 0 Å². The monoisotopic (exact) mass is 487 g/mol. The fourth-order valence-corrected chi connectivity index (χ4v) is 3.83. The molecule has 0 spiro atoms. The van der Waals surface area contributed by atoms with Gasteiger partial charge in [-0.1, -0.05) is 46.4 Å². The number of aromatic nitrogens is 1. The Hall–Kier alpha value is -1.92. The number of halogens is 4. The fraction of sp³-hybridized carbons (Fsp3) is 0.238. The first-order valence-corrected chi connectivity index (χ1v) is 10.3. The first kappa shape index (κ1) is 22.8. The largest absolute Gasteiger partial charge is 0.497 e. The Morgan fingerprint density at radius 2 is 1.77 bits per heavy atom. The van der Waals surface area contributed by atoms with Crippen molar-refractivity contribution in [2.45, 2.75) is 23.1 Å². The van der Waals surface area contributed by atoms with E-state index in [1.807, 2.05) is 6.07 Å². The highest BCUT2D eigenvalue weighted by atomic mass is 35.6. The Bertz CT molecular complexity index is 1090. The maximum atomic E-state index is 13.0. The molecule has 1 atom stereocenters. The van der Waals surface area contributed by atoms with E-state index in [4.69, 9.17) is 55.9 Å². The van der Waals surface area contributed by atoms with Gasteiger partial charge < -0.3 is 14.5 Å². The molecule has 5 nitrogen and oxygen atoms in total. The molecule has 158 valence electrons. The molecule has 30 heavy (non-hydrogen) atoms. The molecule has 0 bridgehead atoms. The molecule has 3 aromatic rings. The molecule has 1 unspecified atom stereocenters. The normalized spacial score (nSPS) is 12.6. The molecule has 0 saturated carbocycles. The van der Waals surface area contributed by atoms with Crippen LogP contribution < -0.4 is 4.74 Å². The van der Waals surface area contributed by atoms with Crippen LogP contribution in [0.4, 0.5) is 0 Å². The number of nitrogens with one attached hydrogen (secondary N) is 1. The lowest BCUT2D eigenvalue weighted by Crippen LogP contribution is -2.24. The highest BCUT2D eigenvalue weighted by molar-refractivity contribution is 6.67. The molecule has 1 aromatic heterocycles. The van der Waals surface area contributed by atoms with E-state index >= 15 is 0 Å². The quantitative estimate of drug-likeness (QED) is 0.257.